The van der Waals surface area contributed by atoms with Crippen molar-refractivity contribution >= 4 is 18.1 Å². The van der Waals surface area contributed by atoms with E-state index in [0.29, 0.717) is 16.3 Å². The van der Waals surface area contributed by atoms with Crippen molar-refractivity contribution in [3.8, 4) is 17.1 Å². The molecule has 10 heteroatoms. The largest absolute Gasteiger partial charge is 0.497 e. The molecule has 3 aromatic rings. The maximum absolute atomic E-state index is 13.4. The van der Waals surface area contributed by atoms with Gasteiger partial charge in [0, 0.05) is 31.1 Å². The summed E-state index contributed by atoms with van der Waals surface area (Å²) >= 11 is 5.34. The van der Waals surface area contributed by atoms with Gasteiger partial charge in [-0.3, -0.25) is 14.5 Å². The normalized spacial score (nSPS) is 13.7. The summed E-state index contributed by atoms with van der Waals surface area (Å²) in [5, 5.41) is 7.02. The van der Waals surface area contributed by atoms with Gasteiger partial charge in [-0.15, -0.1) is 0 Å². The number of halogens is 3. The van der Waals surface area contributed by atoms with Gasteiger partial charge in [-0.1, -0.05) is 18.2 Å². The zero-order valence-corrected chi connectivity index (χ0v) is 18.7. The van der Waals surface area contributed by atoms with Gasteiger partial charge in [0.1, 0.15) is 5.75 Å². The Morgan fingerprint density at radius 2 is 1.91 bits per heavy atom. The van der Waals surface area contributed by atoms with Crippen LogP contribution in [0, 0.1) is 4.77 Å². The summed E-state index contributed by atoms with van der Waals surface area (Å²) < 4.78 is 47.5. The molecule has 1 heterocycles. The molecule has 0 saturated heterocycles. The number of carbonyl (C=O) groups is 1. The zero-order chi connectivity index (χ0) is 23.6. The summed E-state index contributed by atoms with van der Waals surface area (Å²) in [4.78, 5) is 14.6. The summed E-state index contributed by atoms with van der Waals surface area (Å²) in [6, 6.07) is 12.7. The van der Waals surface area contributed by atoms with Crippen molar-refractivity contribution in [1.29, 1.82) is 0 Å². The Hall–Kier alpha value is -3.14. The first kappa shape index (κ1) is 23.0. The summed E-state index contributed by atoms with van der Waals surface area (Å²) in [6.45, 7) is 0.195. The monoisotopic (exact) mass is 476 g/mol. The Morgan fingerprint density at radius 1 is 1.21 bits per heavy atom. The van der Waals surface area contributed by atoms with Gasteiger partial charge >= 0.3 is 6.18 Å². The van der Waals surface area contributed by atoms with Crippen LogP contribution in [0.2, 0.25) is 0 Å². The molecule has 1 saturated carbocycles. The lowest BCUT2D eigenvalue weighted by atomic mass is 10.1. The van der Waals surface area contributed by atoms with Crippen LogP contribution in [0.4, 0.5) is 13.2 Å². The van der Waals surface area contributed by atoms with E-state index in [1.807, 2.05) is 12.1 Å². The minimum absolute atomic E-state index is 0.0304. The summed E-state index contributed by atoms with van der Waals surface area (Å²) in [5.74, 6) is 1.07. The molecule has 0 radical (unpaired) electrons. The molecule has 2 aromatic carbocycles. The van der Waals surface area contributed by atoms with E-state index in [2.05, 4.69) is 10.2 Å². The van der Waals surface area contributed by atoms with Crippen molar-refractivity contribution in [3.05, 3.63) is 64.4 Å². The first-order chi connectivity index (χ1) is 15.8. The number of aromatic nitrogens is 3. The van der Waals surface area contributed by atoms with Crippen LogP contribution in [0.1, 0.15) is 30.4 Å². The minimum atomic E-state index is -4.47. The maximum Gasteiger partial charge on any atom is 0.416 e. The Labute approximate surface area is 194 Å². The number of alkyl halides is 3. The van der Waals surface area contributed by atoms with Gasteiger partial charge in [0.15, 0.2) is 10.6 Å². The van der Waals surface area contributed by atoms with Gasteiger partial charge in [0.25, 0.3) is 0 Å². The molecule has 174 valence electrons. The lowest BCUT2D eigenvalue weighted by Gasteiger charge is -2.24. The molecule has 0 unspecified atom stereocenters. The van der Waals surface area contributed by atoms with Crippen molar-refractivity contribution in [1.82, 2.24) is 19.7 Å². The fourth-order valence-corrected chi connectivity index (χ4v) is 3.99. The van der Waals surface area contributed by atoms with Crippen LogP contribution in [0.5, 0.6) is 5.75 Å². The minimum Gasteiger partial charge on any atom is -0.497 e. The molecular weight excluding hydrogens is 453 g/mol. The molecule has 1 N–H and O–H groups in total. The van der Waals surface area contributed by atoms with Crippen LogP contribution in [0.25, 0.3) is 11.4 Å². The van der Waals surface area contributed by atoms with Crippen LogP contribution < -0.4 is 4.74 Å². The van der Waals surface area contributed by atoms with Crippen molar-refractivity contribution in [2.45, 2.75) is 44.6 Å². The van der Waals surface area contributed by atoms with Crippen molar-refractivity contribution in [2.75, 3.05) is 7.11 Å². The lowest BCUT2D eigenvalue weighted by Crippen LogP contribution is -2.34. The Morgan fingerprint density at radius 3 is 2.55 bits per heavy atom. The molecule has 33 heavy (non-hydrogen) atoms. The number of nitrogens with one attached hydrogen (secondary N) is 1. The number of hydrogen-bond acceptors (Lipinski definition) is 4. The molecule has 6 nitrogen and oxygen atoms in total. The second kappa shape index (κ2) is 9.38. The molecule has 0 atom stereocenters. The van der Waals surface area contributed by atoms with E-state index in [1.165, 1.54) is 12.1 Å². The molecule has 1 amide bonds. The van der Waals surface area contributed by atoms with Gasteiger partial charge in [0.05, 0.1) is 12.7 Å². The number of amides is 1. The molecule has 0 bridgehead atoms. The predicted octanol–water partition coefficient (Wildman–Crippen LogP) is 5.22. The van der Waals surface area contributed by atoms with E-state index in [1.54, 1.807) is 34.8 Å². The van der Waals surface area contributed by atoms with Crippen LogP contribution in [0.3, 0.4) is 0 Å². The average Bonchev–Trinajstić information content (AvgIpc) is 3.58. The lowest BCUT2D eigenvalue weighted by molar-refractivity contribution is -0.140. The summed E-state index contributed by atoms with van der Waals surface area (Å²) in [5.41, 5.74) is 0.195. The highest BCUT2D eigenvalue weighted by atomic mass is 32.1. The fourth-order valence-electron chi connectivity index (χ4n) is 3.76. The first-order valence-corrected chi connectivity index (χ1v) is 10.9. The van der Waals surface area contributed by atoms with Crippen LogP contribution in [-0.2, 0) is 24.1 Å². The third-order valence-electron chi connectivity index (χ3n) is 5.63. The van der Waals surface area contributed by atoms with Gasteiger partial charge in [0.2, 0.25) is 5.91 Å². The van der Waals surface area contributed by atoms with Crippen molar-refractivity contribution < 1.29 is 22.7 Å². The predicted molar refractivity (Wildman–Crippen MR) is 119 cm³/mol. The number of methoxy groups -OCH3 is 1. The average molecular weight is 477 g/mol. The van der Waals surface area contributed by atoms with E-state index >= 15 is 0 Å². The van der Waals surface area contributed by atoms with Crippen LogP contribution in [0.15, 0.2) is 48.5 Å². The van der Waals surface area contributed by atoms with Gasteiger partial charge < -0.3 is 9.64 Å². The number of benzene rings is 2. The van der Waals surface area contributed by atoms with E-state index in [4.69, 9.17) is 17.0 Å². The van der Waals surface area contributed by atoms with Gasteiger partial charge in [-0.05, 0) is 61.0 Å². The highest BCUT2D eigenvalue weighted by Gasteiger charge is 2.37. The number of carbonyl (C=O) groups excluding carboxylic acids is 1. The van der Waals surface area contributed by atoms with Crippen LogP contribution >= 0.6 is 12.2 Å². The smallest absolute Gasteiger partial charge is 0.416 e. The molecule has 1 aliphatic rings. The number of rotatable bonds is 8. The van der Waals surface area contributed by atoms with E-state index in [9.17, 15) is 18.0 Å². The highest BCUT2D eigenvalue weighted by Crippen LogP contribution is 2.35. The third-order valence-corrected chi connectivity index (χ3v) is 5.94. The first-order valence-electron chi connectivity index (χ1n) is 10.5. The summed E-state index contributed by atoms with van der Waals surface area (Å²) in [6.07, 6.45) is -2.78. The molecule has 1 aromatic heterocycles. The number of ether oxygens (including phenoxy) is 1. The van der Waals surface area contributed by atoms with E-state index in [0.717, 1.165) is 24.5 Å². The molecule has 0 spiro atoms. The molecular formula is C23H23F3N4O2S. The second-order valence-corrected chi connectivity index (χ2v) is 8.28. The van der Waals surface area contributed by atoms with Crippen molar-refractivity contribution in [2.24, 2.45) is 0 Å². The molecule has 0 aliphatic heterocycles. The fraction of sp³-hybridized carbons (Fsp3) is 0.348. The van der Waals surface area contributed by atoms with Crippen molar-refractivity contribution in [3.63, 3.8) is 0 Å². The Bertz CT molecular complexity index is 1180. The number of aromatic amines is 1. The highest BCUT2D eigenvalue weighted by molar-refractivity contribution is 7.71. The number of nitrogens with zero attached hydrogens (tertiary/aromatic N) is 3. The topological polar surface area (TPSA) is 63.1 Å². The SMILES string of the molecule is COc1ccc(-c2n[nH]c(=S)n2CCC(=O)N(Cc2ccccc2C(F)(F)F)C2CC2)cc1. The van der Waals surface area contributed by atoms with Gasteiger partial charge in [-0.25, -0.2) is 0 Å². The molecule has 1 fully saturated rings. The van der Waals surface area contributed by atoms with E-state index in [-0.39, 0.29) is 37.0 Å². The van der Waals surface area contributed by atoms with E-state index < -0.39 is 11.7 Å². The molecule has 4 rings (SSSR count). The Kier molecular flexibility index (Phi) is 6.55. The third kappa shape index (κ3) is 5.27. The maximum atomic E-state index is 13.4. The standard InChI is InChI=1S/C23H23F3N4O2S/c1-32-18-10-6-15(7-11-18)21-27-28-22(33)29(21)13-12-20(31)30(17-8-9-17)14-16-4-2-3-5-19(16)23(24,25)26/h2-7,10-11,17H,8-9,12-14H2,1H3,(H,28,33). The zero-order valence-electron chi connectivity index (χ0n) is 17.9. The Balaban J connectivity index is 1.50. The van der Waals surface area contributed by atoms with Gasteiger partial charge in [-0.2, -0.15) is 18.3 Å². The second-order valence-electron chi connectivity index (χ2n) is 7.89. The quantitative estimate of drug-likeness (QED) is 0.453. The summed E-state index contributed by atoms with van der Waals surface area (Å²) in [7, 11) is 1.58. The number of hydrogen-bond donors (Lipinski definition) is 1. The molecule has 1 aliphatic carbocycles. The number of H-pyrrole nitrogens is 1. The van der Waals surface area contributed by atoms with Crippen LogP contribution in [-0.4, -0.2) is 38.7 Å².